The fourth-order valence-corrected chi connectivity index (χ4v) is 3.30. The molecule has 2 aromatic heterocycles. The Morgan fingerprint density at radius 1 is 1.43 bits per heavy atom. The molecule has 0 unspecified atom stereocenters. The molecule has 1 N–H and O–H groups in total. The van der Waals surface area contributed by atoms with E-state index in [9.17, 15) is 9.59 Å². The molecule has 0 radical (unpaired) electrons. The summed E-state index contributed by atoms with van der Waals surface area (Å²) in [5.74, 6) is 0.692. The zero-order chi connectivity index (χ0) is 15.0. The second-order valence-corrected chi connectivity index (χ2v) is 6.14. The molecule has 0 aliphatic heterocycles. The average molecular weight is 304 g/mol. The van der Waals surface area contributed by atoms with Gasteiger partial charge < -0.3 is 9.73 Å². The number of carbonyl (C=O) groups is 2. The molecule has 0 spiro atoms. The average Bonchev–Trinajstić information content (AvgIpc) is 3.01. The van der Waals surface area contributed by atoms with Crippen LogP contribution in [0.25, 0.3) is 0 Å². The summed E-state index contributed by atoms with van der Waals surface area (Å²) >= 11 is 1.51. The van der Waals surface area contributed by atoms with Crippen LogP contribution < -0.4 is 5.32 Å². The third-order valence-corrected chi connectivity index (χ3v) is 4.55. The van der Waals surface area contributed by atoms with Gasteiger partial charge in [-0.1, -0.05) is 0 Å². The van der Waals surface area contributed by atoms with Crippen LogP contribution in [-0.4, -0.2) is 16.7 Å². The van der Waals surface area contributed by atoms with Crippen molar-refractivity contribution in [3.05, 3.63) is 38.7 Å². The number of hydrogen-bond acceptors (Lipinski definition) is 5. The summed E-state index contributed by atoms with van der Waals surface area (Å²) in [5.41, 5.74) is 2.21. The molecule has 1 amide bonds. The number of hydrogen-bond donors (Lipinski definition) is 1. The SMILES string of the molecule is Cc1csc(CNC(=O)c2oc3c(c2C)C(=O)CCC3)n1. The summed E-state index contributed by atoms with van der Waals surface area (Å²) in [6, 6.07) is 0. The van der Waals surface area contributed by atoms with E-state index in [1.54, 1.807) is 6.92 Å². The highest BCUT2D eigenvalue weighted by Crippen LogP contribution is 2.29. The second kappa shape index (κ2) is 5.44. The Balaban J connectivity index is 1.77. The van der Waals surface area contributed by atoms with E-state index in [-0.39, 0.29) is 17.5 Å². The standard InChI is InChI=1S/C15H16N2O3S/c1-8-7-21-12(17-8)6-16-15(19)14-9(2)13-10(18)4-3-5-11(13)20-14/h7H,3-6H2,1-2H3,(H,16,19). The Kier molecular flexibility index (Phi) is 3.63. The lowest BCUT2D eigenvalue weighted by atomic mass is 9.94. The van der Waals surface area contributed by atoms with E-state index in [0.29, 0.717) is 29.9 Å². The number of nitrogens with zero attached hydrogens (tertiary/aromatic N) is 1. The van der Waals surface area contributed by atoms with Crippen molar-refractivity contribution in [2.75, 3.05) is 0 Å². The van der Waals surface area contributed by atoms with Gasteiger partial charge in [-0.05, 0) is 20.3 Å². The summed E-state index contributed by atoms with van der Waals surface area (Å²) in [7, 11) is 0. The maximum absolute atomic E-state index is 12.2. The Morgan fingerprint density at radius 2 is 2.24 bits per heavy atom. The highest BCUT2D eigenvalue weighted by Gasteiger charge is 2.28. The number of nitrogens with one attached hydrogen (secondary N) is 1. The number of amides is 1. The molecule has 3 rings (SSSR count). The first-order valence-corrected chi connectivity index (χ1v) is 7.79. The van der Waals surface area contributed by atoms with Gasteiger partial charge >= 0.3 is 0 Å². The molecule has 0 saturated carbocycles. The molecule has 6 heteroatoms. The molecule has 0 bridgehead atoms. The molecule has 1 aliphatic carbocycles. The van der Waals surface area contributed by atoms with Crippen molar-refractivity contribution in [3.63, 3.8) is 0 Å². The molecule has 110 valence electrons. The van der Waals surface area contributed by atoms with Gasteiger partial charge in [-0.25, -0.2) is 4.98 Å². The van der Waals surface area contributed by atoms with Gasteiger partial charge in [0.2, 0.25) is 0 Å². The molecular formula is C15H16N2O3S. The van der Waals surface area contributed by atoms with Gasteiger partial charge in [0.25, 0.3) is 5.91 Å². The molecular weight excluding hydrogens is 288 g/mol. The predicted octanol–water partition coefficient (Wildman–Crippen LogP) is 2.80. The van der Waals surface area contributed by atoms with Crippen LogP contribution >= 0.6 is 11.3 Å². The van der Waals surface area contributed by atoms with E-state index in [1.807, 2.05) is 12.3 Å². The van der Waals surface area contributed by atoms with Crippen molar-refractivity contribution < 1.29 is 14.0 Å². The minimum atomic E-state index is -0.289. The van der Waals surface area contributed by atoms with Crippen LogP contribution in [0, 0.1) is 13.8 Å². The fraction of sp³-hybridized carbons (Fsp3) is 0.400. The number of Topliss-reactive ketones (excluding diaryl/α,β-unsaturated/α-hetero) is 1. The minimum Gasteiger partial charge on any atom is -0.455 e. The van der Waals surface area contributed by atoms with Gasteiger partial charge in [0.05, 0.1) is 12.1 Å². The molecule has 2 aromatic rings. The van der Waals surface area contributed by atoms with E-state index >= 15 is 0 Å². The summed E-state index contributed by atoms with van der Waals surface area (Å²) in [4.78, 5) is 28.5. The van der Waals surface area contributed by atoms with E-state index in [1.165, 1.54) is 11.3 Å². The maximum Gasteiger partial charge on any atom is 0.287 e. The lowest BCUT2D eigenvalue weighted by Crippen LogP contribution is -2.23. The van der Waals surface area contributed by atoms with Gasteiger partial charge in [0, 0.05) is 29.5 Å². The molecule has 0 aromatic carbocycles. The Bertz CT molecular complexity index is 715. The summed E-state index contributed by atoms with van der Waals surface area (Å²) < 4.78 is 5.61. The third kappa shape index (κ3) is 2.63. The summed E-state index contributed by atoms with van der Waals surface area (Å²) in [5, 5.41) is 5.59. The maximum atomic E-state index is 12.2. The van der Waals surface area contributed by atoms with Crippen molar-refractivity contribution >= 4 is 23.0 Å². The van der Waals surface area contributed by atoms with Crippen molar-refractivity contribution in [2.24, 2.45) is 0 Å². The Labute approximate surface area is 126 Å². The van der Waals surface area contributed by atoms with Crippen molar-refractivity contribution in [1.82, 2.24) is 10.3 Å². The van der Waals surface area contributed by atoms with Crippen LogP contribution in [0.4, 0.5) is 0 Å². The van der Waals surface area contributed by atoms with Gasteiger partial charge in [0.15, 0.2) is 11.5 Å². The number of rotatable bonds is 3. The monoisotopic (exact) mass is 304 g/mol. The van der Waals surface area contributed by atoms with Crippen LogP contribution in [0.2, 0.25) is 0 Å². The largest absolute Gasteiger partial charge is 0.455 e. The van der Waals surface area contributed by atoms with Crippen LogP contribution in [-0.2, 0) is 13.0 Å². The molecule has 5 nitrogen and oxygen atoms in total. The van der Waals surface area contributed by atoms with Gasteiger partial charge in [-0.3, -0.25) is 9.59 Å². The fourth-order valence-electron chi connectivity index (χ4n) is 2.59. The third-order valence-electron chi connectivity index (χ3n) is 3.58. The quantitative estimate of drug-likeness (QED) is 0.946. The van der Waals surface area contributed by atoms with Crippen LogP contribution in [0.15, 0.2) is 9.80 Å². The molecule has 21 heavy (non-hydrogen) atoms. The van der Waals surface area contributed by atoms with E-state index in [2.05, 4.69) is 10.3 Å². The van der Waals surface area contributed by atoms with E-state index in [4.69, 9.17) is 4.42 Å². The summed E-state index contributed by atoms with van der Waals surface area (Å²) in [6.07, 6.45) is 2.05. The van der Waals surface area contributed by atoms with Crippen LogP contribution in [0.5, 0.6) is 0 Å². The van der Waals surface area contributed by atoms with Gasteiger partial charge in [-0.15, -0.1) is 11.3 Å². The number of furan rings is 1. The van der Waals surface area contributed by atoms with Gasteiger partial charge in [0.1, 0.15) is 10.8 Å². The van der Waals surface area contributed by atoms with E-state index in [0.717, 1.165) is 23.5 Å². The number of aromatic nitrogens is 1. The summed E-state index contributed by atoms with van der Waals surface area (Å²) in [6.45, 7) is 4.06. The number of carbonyl (C=O) groups excluding carboxylic acids is 2. The smallest absolute Gasteiger partial charge is 0.287 e. The molecule has 0 atom stereocenters. The topological polar surface area (TPSA) is 72.2 Å². The first kappa shape index (κ1) is 14.0. The zero-order valence-electron chi connectivity index (χ0n) is 12.0. The highest BCUT2D eigenvalue weighted by atomic mass is 32.1. The normalized spacial score (nSPS) is 14.1. The molecule has 1 aliphatic rings. The Morgan fingerprint density at radius 3 is 2.90 bits per heavy atom. The second-order valence-electron chi connectivity index (χ2n) is 5.20. The number of aryl methyl sites for hydroxylation is 2. The molecule has 2 heterocycles. The zero-order valence-corrected chi connectivity index (χ0v) is 12.8. The number of fused-ring (bicyclic) bond motifs is 1. The lowest BCUT2D eigenvalue weighted by Gasteiger charge is -2.07. The van der Waals surface area contributed by atoms with Crippen LogP contribution in [0.3, 0.4) is 0 Å². The van der Waals surface area contributed by atoms with Crippen molar-refractivity contribution in [2.45, 2.75) is 39.7 Å². The van der Waals surface area contributed by atoms with E-state index < -0.39 is 0 Å². The van der Waals surface area contributed by atoms with Crippen LogP contribution in [0.1, 0.15) is 55.8 Å². The Hall–Kier alpha value is -1.95. The van der Waals surface area contributed by atoms with Crippen molar-refractivity contribution in [3.8, 4) is 0 Å². The first-order chi connectivity index (χ1) is 10.1. The molecule has 0 fully saturated rings. The number of ketones is 1. The molecule has 0 saturated heterocycles. The van der Waals surface area contributed by atoms with Gasteiger partial charge in [-0.2, -0.15) is 0 Å². The number of thiazole rings is 1. The predicted molar refractivity (Wildman–Crippen MR) is 78.7 cm³/mol. The lowest BCUT2D eigenvalue weighted by molar-refractivity contribution is 0.0917. The highest BCUT2D eigenvalue weighted by molar-refractivity contribution is 7.09. The minimum absolute atomic E-state index is 0.0760. The first-order valence-electron chi connectivity index (χ1n) is 6.91. The van der Waals surface area contributed by atoms with Crippen molar-refractivity contribution in [1.29, 1.82) is 0 Å².